The Kier molecular flexibility index (Phi) is 3.18. The Morgan fingerprint density at radius 3 is 2.92 bits per heavy atom. The van der Waals surface area contributed by atoms with Crippen molar-refractivity contribution in [3.8, 4) is 0 Å². The van der Waals surface area contributed by atoms with Crippen molar-refractivity contribution in [2.75, 3.05) is 13.3 Å². The maximum Gasteiger partial charge on any atom is 0.387 e. The average molecular weight is 193 g/mol. The van der Waals surface area contributed by atoms with Crippen LogP contribution in [0, 0.1) is 0 Å². The SMILES string of the molecule is O=C1CCN(CO)C=C1OC(F)F. The molecule has 0 radical (unpaired) electrons. The number of aliphatic hydroxyl groups excluding tert-OH is 1. The number of aliphatic hydroxyl groups is 1. The molecule has 0 spiro atoms. The minimum absolute atomic E-state index is 0.0825. The number of ether oxygens (including phenoxy) is 1. The van der Waals surface area contributed by atoms with E-state index in [4.69, 9.17) is 5.11 Å². The van der Waals surface area contributed by atoms with Crippen LogP contribution in [0.3, 0.4) is 0 Å². The van der Waals surface area contributed by atoms with Crippen molar-refractivity contribution in [2.45, 2.75) is 13.0 Å². The lowest BCUT2D eigenvalue weighted by Gasteiger charge is -2.23. The van der Waals surface area contributed by atoms with Gasteiger partial charge in [-0.2, -0.15) is 8.78 Å². The number of Topliss-reactive ketones (excluding diaryl/α,β-unsaturated/α-hetero) is 1. The van der Waals surface area contributed by atoms with Gasteiger partial charge in [0.15, 0.2) is 5.76 Å². The van der Waals surface area contributed by atoms with Crippen LogP contribution in [0.1, 0.15) is 6.42 Å². The molecule has 0 amide bonds. The summed E-state index contributed by atoms with van der Waals surface area (Å²) in [5.74, 6) is -0.861. The van der Waals surface area contributed by atoms with Crippen molar-refractivity contribution in [2.24, 2.45) is 0 Å². The van der Waals surface area contributed by atoms with Crippen molar-refractivity contribution in [3.63, 3.8) is 0 Å². The second-order valence-corrected chi connectivity index (χ2v) is 2.50. The Balaban J connectivity index is 2.66. The van der Waals surface area contributed by atoms with E-state index in [1.807, 2.05) is 0 Å². The quantitative estimate of drug-likeness (QED) is 0.700. The van der Waals surface area contributed by atoms with Crippen LogP contribution in [-0.2, 0) is 9.53 Å². The Morgan fingerprint density at radius 2 is 2.38 bits per heavy atom. The minimum Gasteiger partial charge on any atom is -0.429 e. The highest BCUT2D eigenvalue weighted by atomic mass is 19.3. The number of carbonyl (C=O) groups excluding carboxylic acids is 1. The van der Waals surface area contributed by atoms with Crippen LogP contribution < -0.4 is 0 Å². The fourth-order valence-corrected chi connectivity index (χ4v) is 0.974. The monoisotopic (exact) mass is 193 g/mol. The summed E-state index contributed by atoms with van der Waals surface area (Å²) >= 11 is 0. The molecule has 1 heterocycles. The molecule has 0 saturated heterocycles. The molecular weight excluding hydrogens is 184 g/mol. The molecule has 0 atom stereocenters. The number of rotatable bonds is 3. The van der Waals surface area contributed by atoms with E-state index in [0.717, 1.165) is 6.20 Å². The molecular formula is C7H9F2NO3. The maximum atomic E-state index is 11.7. The largest absolute Gasteiger partial charge is 0.429 e. The average Bonchev–Trinajstić information content (AvgIpc) is 2.08. The van der Waals surface area contributed by atoms with E-state index < -0.39 is 18.2 Å². The standard InChI is InChI=1S/C7H9F2NO3/c8-7(9)13-6-3-10(4-11)2-1-5(6)12/h3,7,11H,1-2,4H2. The van der Waals surface area contributed by atoms with E-state index in [1.165, 1.54) is 4.90 Å². The van der Waals surface area contributed by atoms with E-state index in [2.05, 4.69) is 4.74 Å². The van der Waals surface area contributed by atoms with Crippen molar-refractivity contribution < 1.29 is 23.4 Å². The van der Waals surface area contributed by atoms with Gasteiger partial charge in [-0.3, -0.25) is 4.79 Å². The van der Waals surface area contributed by atoms with Crippen molar-refractivity contribution >= 4 is 5.78 Å². The van der Waals surface area contributed by atoms with E-state index in [9.17, 15) is 13.6 Å². The van der Waals surface area contributed by atoms with Gasteiger partial charge in [0.05, 0.1) is 0 Å². The number of ketones is 1. The molecule has 0 bridgehead atoms. The third kappa shape index (κ3) is 2.66. The Hall–Kier alpha value is -1.17. The lowest BCUT2D eigenvalue weighted by Crippen LogP contribution is -2.29. The van der Waals surface area contributed by atoms with Crippen LogP contribution in [0.25, 0.3) is 0 Å². The molecule has 6 heteroatoms. The fourth-order valence-electron chi connectivity index (χ4n) is 0.974. The molecule has 1 rings (SSSR count). The Morgan fingerprint density at radius 1 is 1.69 bits per heavy atom. The zero-order valence-corrected chi connectivity index (χ0v) is 6.74. The summed E-state index contributed by atoms with van der Waals surface area (Å²) in [6.07, 6.45) is 1.18. The van der Waals surface area contributed by atoms with Gasteiger partial charge in [0, 0.05) is 19.2 Å². The van der Waals surface area contributed by atoms with Crippen LogP contribution in [0.5, 0.6) is 0 Å². The predicted molar refractivity (Wildman–Crippen MR) is 38.6 cm³/mol. The highest BCUT2D eigenvalue weighted by Crippen LogP contribution is 2.14. The third-order valence-corrected chi connectivity index (χ3v) is 1.60. The minimum atomic E-state index is -3.01. The fraction of sp³-hybridized carbons (Fsp3) is 0.571. The van der Waals surface area contributed by atoms with Crippen LogP contribution in [-0.4, -0.2) is 35.7 Å². The molecule has 4 nitrogen and oxygen atoms in total. The summed E-state index contributed by atoms with van der Waals surface area (Å²) in [7, 11) is 0. The van der Waals surface area contributed by atoms with E-state index >= 15 is 0 Å². The van der Waals surface area contributed by atoms with Gasteiger partial charge < -0.3 is 14.7 Å². The van der Waals surface area contributed by atoms with Gasteiger partial charge in [-0.05, 0) is 0 Å². The molecule has 0 aromatic rings. The topological polar surface area (TPSA) is 49.8 Å². The molecule has 1 N–H and O–H groups in total. The van der Waals surface area contributed by atoms with Gasteiger partial charge >= 0.3 is 6.61 Å². The number of carbonyl (C=O) groups is 1. The second kappa shape index (κ2) is 4.18. The molecule has 0 aromatic carbocycles. The molecule has 74 valence electrons. The van der Waals surface area contributed by atoms with Gasteiger partial charge in [-0.25, -0.2) is 0 Å². The number of nitrogens with zero attached hydrogens (tertiary/aromatic N) is 1. The smallest absolute Gasteiger partial charge is 0.387 e. The summed E-state index contributed by atoms with van der Waals surface area (Å²) in [6, 6.07) is 0. The first-order chi connectivity index (χ1) is 6.13. The molecule has 13 heavy (non-hydrogen) atoms. The number of allylic oxidation sites excluding steroid dienone is 1. The van der Waals surface area contributed by atoms with Crippen molar-refractivity contribution in [1.82, 2.24) is 4.90 Å². The van der Waals surface area contributed by atoms with Gasteiger partial charge in [-0.1, -0.05) is 0 Å². The molecule has 0 saturated carbocycles. The van der Waals surface area contributed by atoms with Crippen molar-refractivity contribution in [1.29, 1.82) is 0 Å². The summed E-state index contributed by atoms with van der Waals surface area (Å²) in [5.41, 5.74) is 0. The third-order valence-electron chi connectivity index (χ3n) is 1.60. The Bertz CT molecular complexity index is 230. The molecule has 0 aliphatic carbocycles. The van der Waals surface area contributed by atoms with E-state index in [-0.39, 0.29) is 13.2 Å². The second-order valence-electron chi connectivity index (χ2n) is 2.50. The highest BCUT2D eigenvalue weighted by molar-refractivity contribution is 5.94. The van der Waals surface area contributed by atoms with Gasteiger partial charge in [0.2, 0.25) is 5.78 Å². The van der Waals surface area contributed by atoms with Gasteiger partial charge in [0.1, 0.15) is 6.73 Å². The zero-order valence-electron chi connectivity index (χ0n) is 6.74. The van der Waals surface area contributed by atoms with E-state index in [1.54, 1.807) is 0 Å². The first-order valence-corrected chi connectivity index (χ1v) is 3.68. The predicted octanol–water partition coefficient (Wildman–Crippen LogP) is 0.292. The van der Waals surface area contributed by atoms with Gasteiger partial charge in [-0.15, -0.1) is 0 Å². The number of hydrogen-bond acceptors (Lipinski definition) is 4. The van der Waals surface area contributed by atoms with Crippen LogP contribution >= 0.6 is 0 Å². The zero-order chi connectivity index (χ0) is 9.84. The van der Waals surface area contributed by atoms with Crippen molar-refractivity contribution in [3.05, 3.63) is 12.0 Å². The lowest BCUT2D eigenvalue weighted by molar-refractivity contribution is -0.135. The number of halogens is 2. The summed E-state index contributed by atoms with van der Waals surface area (Å²) < 4.78 is 27.4. The number of alkyl halides is 2. The lowest BCUT2D eigenvalue weighted by atomic mass is 10.2. The molecule has 0 aromatic heterocycles. The summed E-state index contributed by atoms with van der Waals surface area (Å²) in [5, 5.41) is 8.66. The van der Waals surface area contributed by atoms with Crippen LogP contribution in [0.15, 0.2) is 12.0 Å². The highest BCUT2D eigenvalue weighted by Gasteiger charge is 2.21. The van der Waals surface area contributed by atoms with Crippen LogP contribution in [0.4, 0.5) is 8.78 Å². The summed E-state index contributed by atoms with van der Waals surface area (Å²) in [4.78, 5) is 12.3. The summed E-state index contributed by atoms with van der Waals surface area (Å²) in [6.45, 7) is -3.00. The first kappa shape index (κ1) is 9.91. The molecule has 0 fully saturated rings. The first-order valence-electron chi connectivity index (χ1n) is 3.68. The molecule has 1 aliphatic rings. The normalized spacial score (nSPS) is 17.7. The van der Waals surface area contributed by atoms with Gasteiger partial charge in [0.25, 0.3) is 0 Å². The maximum absolute atomic E-state index is 11.7. The van der Waals surface area contributed by atoms with E-state index in [0.29, 0.717) is 6.54 Å². The molecule has 1 aliphatic heterocycles. The number of hydrogen-bond donors (Lipinski definition) is 1. The van der Waals surface area contributed by atoms with Crippen LogP contribution in [0.2, 0.25) is 0 Å². The molecule has 0 unspecified atom stereocenters. The Labute approximate surface area is 73.4 Å².